The van der Waals surface area contributed by atoms with Gasteiger partial charge in [-0.05, 0) is 22.4 Å². The summed E-state index contributed by atoms with van der Waals surface area (Å²) in [7, 11) is 1.57. The second kappa shape index (κ2) is 11.4. The number of halogens is 1. The average molecular weight is 405 g/mol. The Morgan fingerprint density at radius 3 is 2.83 bits per heavy atom. The smallest absolute Gasteiger partial charge is 0.271 e. The summed E-state index contributed by atoms with van der Waals surface area (Å²) in [6.45, 7) is 3.23. The molecule has 9 heteroatoms. The minimum Gasteiger partial charge on any atom is -0.383 e. The molecule has 0 unspecified atom stereocenters. The predicted molar refractivity (Wildman–Crippen MR) is 92.6 cm³/mol. The topological polar surface area (TPSA) is 93.2 Å². The molecule has 7 nitrogen and oxygen atoms in total. The van der Waals surface area contributed by atoms with Crippen LogP contribution in [0.15, 0.2) is 15.8 Å². The number of carbonyl (C=O) groups excluding carboxylic acids is 2. The molecular weight excluding hydrogens is 384 g/mol. The first-order valence-corrected chi connectivity index (χ1v) is 9.05. The molecule has 1 aromatic heterocycles. The van der Waals surface area contributed by atoms with Crippen LogP contribution in [0.3, 0.4) is 0 Å². The molecule has 0 saturated carbocycles. The molecule has 2 N–H and O–H groups in total. The molecule has 0 spiro atoms. The molecule has 0 atom stereocenters. The molecule has 0 aliphatic carbocycles. The number of nitrogens with zero attached hydrogens (tertiary/aromatic N) is 2. The van der Waals surface area contributed by atoms with Crippen LogP contribution in [0.4, 0.5) is 0 Å². The van der Waals surface area contributed by atoms with Gasteiger partial charge in [-0.2, -0.15) is 0 Å². The zero-order valence-electron chi connectivity index (χ0n) is 13.2. The summed E-state index contributed by atoms with van der Waals surface area (Å²) < 4.78 is 5.37. The van der Waals surface area contributed by atoms with Crippen molar-refractivity contribution in [2.45, 2.75) is 24.9 Å². The summed E-state index contributed by atoms with van der Waals surface area (Å²) in [6, 6.07) is 0. The minimum atomic E-state index is -0.331. The molecule has 0 aromatic carbocycles. The standard InChI is InChI=1S/C14H21BrN4O3S/c1-3-8-23-14-18-9-10(15)12(19-14)13(21)17-5-4-11(20)16-6-7-22-2/h9H,3-8H2,1-2H3,(H,16,20)(H,17,21). The lowest BCUT2D eigenvalue weighted by atomic mass is 10.3. The van der Waals surface area contributed by atoms with Gasteiger partial charge in [0.1, 0.15) is 5.69 Å². The van der Waals surface area contributed by atoms with Gasteiger partial charge >= 0.3 is 0 Å². The van der Waals surface area contributed by atoms with Crippen LogP contribution in [-0.4, -0.2) is 54.3 Å². The van der Waals surface area contributed by atoms with Crippen molar-refractivity contribution in [2.24, 2.45) is 0 Å². The van der Waals surface area contributed by atoms with Crippen LogP contribution < -0.4 is 10.6 Å². The Balaban J connectivity index is 2.46. The molecule has 0 aliphatic heterocycles. The van der Waals surface area contributed by atoms with E-state index in [9.17, 15) is 9.59 Å². The molecule has 0 saturated heterocycles. The Hall–Kier alpha value is -1.19. The fourth-order valence-corrected chi connectivity index (χ4v) is 2.57. The lowest BCUT2D eigenvalue weighted by Crippen LogP contribution is -2.32. The van der Waals surface area contributed by atoms with Gasteiger partial charge in [0.2, 0.25) is 5.91 Å². The first-order valence-electron chi connectivity index (χ1n) is 7.27. The van der Waals surface area contributed by atoms with E-state index in [-0.39, 0.29) is 30.5 Å². The third-order valence-corrected chi connectivity index (χ3v) is 4.29. The van der Waals surface area contributed by atoms with Crippen LogP contribution in [0.5, 0.6) is 0 Å². The van der Waals surface area contributed by atoms with Crippen LogP contribution in [0.25, 0.3) is 0 Å². The van der Waals surface area contributed by atoms with Crippen LogP contribution in [0.2, 0.25) is 0 Å². The average Bonchev–Trinajstić information content (AvgIpc) is 2.54. The van der Waals surface area contributed by atoms with Gasteiger partial charge < -0.3 is 15.4 Å². The monoisotopic (exact) mass is 404 g/mol. The van der Waals surface area contributed by atoms with E-state index in [4.69, 9.17) is 4.74 Å². The molecule has 128 valence electrons. The molecule has 0 radical (unpaired) electrons. The van der Waals surface area contributed by atoms with Crippen molar-refractivity contribution < 1.29 is 14.3 Å². The van der Waals surface area contributed by atoms with Crippen molar-refractivity contribution >= 4 is 39.5 Å². The van der Waals surface area contributed by atoms with Gasteiger partial charge in [0.25, 0.3) is 5.91 Å². The van der Waals surface area contributed by atoms with Crippen molar-refractivity contribution in [3.63, 3.8) is 0 Å². The molecule has 1 rings (SSSR count). The van der Waals surface area contributed by atoms with Crippen LogP contribution in [0.1, 0.15) is 30.3 Å². The molecular formula is C14H21BrN4O3S. The van der Waals surface area contributed by atoms with E-state index in [1.165, 1.54) is 11.8 Å². The number of amides is 2. The SMILES string of the molecule is CCCSc1ncc(Br)c(C(=O)NCCC(=O)NCCOC)n1. The van der Waals surface area contributed by atoms with Gasteiger partial charge in [-0.25, -0.2) is 9.97 Å². The van der Waals surface area contributed by atoms with Crippen LogP contribution >= 0.6 is 27.7 Å². The van der Waals surface area contributed by atoms with Gasteiger partial charge in [-0.1, -0.05) is 18.7 Å². The number of aromatic nitrogens is 2. The van der Waals surface area contributed by atoms with Crippen LogP contribution in [0, 0.1) is 0 Å². The Labute approximate surface area is 148 Å². The largest absolute Gasteiger partial charge is 0.383 e. The van der Waals surface area contributed by atoms with Gasteiger partial charge in [-0.15, -0.1) is 0 Å². The molecule has 0 bridgehead atoms. The third-order valence-electron chi connectivity index (χ3n) is 2.64. The molecule has 23 heavy (non-hydrogen) atoms. The molecule has 2 amide bonds. The van der Waals surface area contributed by atoms with Gasteiger partial charge in [0, 0.05) is 38.6 Å². The highest BCUT2D eigenvalue weighted by Gasteiger charge is 2.14. The summed E-state index contributed by atoms with van der Waals surface area (Å²) in [5.74, 6) is 0.426. The molecule has 1 heterocycles. The van der Waals surface area contributed by atoms with E-state index in [2.05, 4.69) is 43.5 Å². The highest BCUT2D eigenvalue weighted by atomic mass is 79.9. The number of hydrogen-bond acceptors (Lipinski definition) is 6. The number of thioether (sulfide) groups is 1. The Morgan fingerprint density at radius 1 is 1.35 bits per heavy atom. The fourth-order valence-electron chi connectivity index (χ4n) is 1.53. The first-order chi connectivity index (χ1) is 11.1. The van der Waals surface area contributed by atoms with Crippen LogP contribution in [-0.2, 0) is 9.53 Å². The minimum absolute atomic E-state index is 0.136. The normalized spacial score (nSPS) is 10.4. The zero-order valence-corrected chi connectivity index (χ0v) is 15.6. The maximum absolute atomic E-state index is 12.1. The third kappa shape index (κ3) is 7.76. The van der Waals surface area contributed by atoms with Crippen molar-refractivity contribution in [1.29, 1.82) is 0 Å². The Kier molecular flexibility index (Phi) is 9.81. The summed E-state index contributed by atoms with van der Waals surface area (Å²) in [4.78, 5) is 32.1. The second-order valence-corrected chi connectivity index (χ2v) is 6.46. The molecule has 1 aromatic rings. The van der Waals surface area contributed by atoms with E-state index in [1.807, 2.05) is 0 Å². The lowest BCUT2D eigenvalue weighted by Gasteiger charge is -2.08. The number of hydrogen-bond donors (Lipinski definition) is 2. The maximum atomic E-state index is 12.1. The highest BCUT2D eigenvalue weighted by molar-refractivity contribution is 9.10. The first kappa shape index (κ1) is 19.9. The molecule has 0 aliphatic rings. The zero-order chi connectivity index (χ0) is 17.1. The number of rotatable bonds is 10. The number of ether oxygens (including phenoxy) is 1. The van der Waals surface area contributed by atoms with Gasteiger partial charge in [0.05, 0.1) is 11.1 Å². The van der Waals surface area contributed by atoms with E-state index >= 15 is 0 Å². The lowest BCUT2D eigenvalue weighted by molar-refractivity contribution is -0.121. The number of nitrogens with one attached hydrogen (secondary N) is 2. The van der Waals surface area contributed by atoms with Gasteiger partial charge in [-0.3, -0.25) is 9.59 Å². The number of carbonyl (C=O) groups is 2. The Morgan fingerprint density at radius 2 is 2.13 bits per heavy atom. The molecule has 0 fully saturated rings. The van der Waals surface area contributed by atoms with Crippen molar-refractivity contribution in [1.82, 2.24) is 20.6 Å². The summed E-state index contributed by atoms with van der Waals surface area (Å²) in [5.41, 5.74) is 0.276. The fraction of sp³-hybridized carbons (Fsp3) is 0.571. The second-order valence-electron chi connectivity index (χ2n) is 4.55. The van der Waals surface area contributed by atoms with Crippen molar-refractivity contribution in [3.05, 3.63) is 16.4 Å². The van der Waals surface area contributed by atoms with E-state index < -0.39 is 0 Å². The number of methoxy groups -OCH3 is 1. The van der Waals surface area contributed by atoms with Crippen molar-refractivity contribution in [3.8, 4) is 0 Å². The maximum Gasteiger partial charge on any atom is 0.271 e. The Bertz CT molecular complexity index is 531. The quantitative estimate of drug-likeness (QED) is 0.349. The van der Waals surface area contributed by atoms with Crippen molar-refractivity contribution in [2.75, 3.05) is 32.6 Å². The highest BCUT2D eigenvalue weighted by Crippen LogP contribution is 2.19. The van der Waals surface area contributed by atoms with Gasteiger partial charge in [0.15, 0.2) is 5.16 Å². The summed E-state index contributed by atoms with van der Waals surface area (Å²) in [5, 5.41) is 5.94. The van der Waals surface area contributed by atoms with E-state index in [0.29, 0.717) is 22.8 Å². The van der Waals surface area contributed by atoms with E-state index in [0.717, 1.165) is 12.2 Å². The van der Waals surface area contributed by atoms with E-state index in [1.54, 1.807) is 13.3 Å². The summed E-state index contributed by atoms with van der Waals surface area (Å²) >= 11 is 4.78. The summed E-state index contributed by atoms with van der Waals surface area (Å²) in [6.07, 6.45) is 2.77. The predicted octanol–water partition coefficient (Wildman–Crippen LogP) is 1.62.